The molecule has 0 bridgehead atoms. The molecule has 0 spiro atoms. The zero-order valence-corrected chi connectivity index (χ0v) is 26.2. The van der Waals surface area contributed by atoms with Crippen LogP contribution < -0.4 is 51.4 Å². The van der Waals surface area contributed by atoms with Crippen LogP contribution in [0.1, 0.15) is 58.7 Å². The molecule has 5 unspecified atom stereocenters. The van der Waals surface area contributed by atoms with Crippen LogP contribution in [0.3, 0.4) is 0 Å². The average molecular weight is 552 g/mol. The fourth-order valence-corrected chi connectivity index (χ4v) is 2.54. The van der Waals surface area contributed by atoms with Crippen LogP contribution in [0.4, 0.5) is 0 Å². The van der Waals surface area contributed by atoms with Crippen molar-refractivity contribution in [2.24, 2.45) is 0 Å². The SMILES string of the molecule is CC(C)=O.CC(C)O.CC1O[C@@H](C)C(O)C(O)[C@@H]1O.C[C@H]1OC(CO)[C@@H](O)C(O)[C@H]1O.[2HH].[3H]C.[K+].[PH2-]. The topological polar surface area (TPSA) is 197 Å². The van der Waals surface area contributed by atoms with Crippen molar-refractivity contribution in [3.05, 3.63) is 0 Å². The van der Waals surface area contributed by atoms with Crippen molar-refractivity contribution < 1.29 is 109 Å². The van der Waals surface area contributed by atoms with E-state index in [1.165, 1.54) is 21.3 Å². The Labute approximate surface area is 252 Å². The molecule has 2 heterocycles. The Bertz CT molecular complexity index is 475. The molecule has 0 aliphatic carbocycles. The number of Topliss-reactive ketones (excluding diaryl/α,β-unsaturated/α-hetero) is 1. The van der Waals surface area contributed by atoms with Crippen molar-refractivity contribution in [1.29, 1.82) is 0 Å². The maximum atomic E-state index is 9.44. The predicted molar refractivity (Wildman–Crippen MR) is 130 cm³/mol. The molecule has 11 nitrogen and oxygen atoms in total. The first-order chi connectivity index (χ1) is 15.1. The van der Waals surface area contributed by atoms with Gasteiger partial charge in [0.2, 0.25) is 0 Å². The summed E-state index contributed by atoms with van der Waals surface area (Å²) in [6, 6.07) is 0. The number of hydrogen-bond donors (Lipinski definition) is 8. The standard InChI is InChI=1S/C7H14O5.C7H14O4.C3H8O.C3H6O.CH4.K.H2P.H2/c1-3-5(9)7(11)6(10)4(2-8)12-3;1-3-5(8)7(10)6(9)4(2)11-3;2*1-3(2)4;;;;/h3-11H,2H2,1H3;3-10H,1-2H3;3-4H,1-2H3;1-2H3;1H4;;1H2;1H/q;;;;;+1;-1;/t3-,4?,5+,6-,7?;3-,4?,5?,6+,7?;;;;;;/m10....../s1/i;;;;1T;;;1+1. The van der Waals surface area contributed by atoms with Gasteiger partial charge in [0.25, 0.3) is 0 Å². The second kappa shape index (κ2) is 23.5. The molecule has 2 rings (SSSR count). The van der Waals surface area contributed by atoms with Gasteiger partial charge in [-0.25, -0.2) is 0 Å². The summed E-state index contributed by atoms with van der Waals surface area (Å²) in [6.45, 7) is 11.0. The molecule has 0 aromatic carbocycles. The van der Waals surface area contributed by atoms with E-state index < -0.39 is 61.0 Å². The molecule has 0 saturated carbocycles. The Kier molecular flexibility index (Phi) is 29.3. The molecule has 2 aliphatic heterocycles. The Morgan fingerprint density at radius 2 is 1.06 bits per heavy atom. The van der Waals surface area contributed by atoms with Gasteiger partial charge in [-0.2, -0.15) is 0 Å². The molecule has 8 N–H and O–H groups in total. The van der Waals surface area contributed by atoms with Crippen molar-refractivity contribution in [2.75, 3.05) is 6.61 Å². The number of aliphatic hydroxyl groups excluding tert-OH is 8. The second-order valence-electron chi connectivity index (χ2n) is 8.05. The van der Waals surface area contributed by atoms with Crippen molar-refractivity contribution in [3.8, 4) is 0 Å². The number of aliphatic hydroxyl groups is 8. The second-order valence-corrected chi connectivity index (χ2v) is 8.05. The van der Waals surface area contributed by atoms with Gasteiger partial charge in [0.05, 0.1) is 24.9 Å². The van der Waals surface area contributed by atoms with Gasteiger partial charge in [-0.3, -0.25) is 0 Å². The third kappa shape index (κ3) is 18.6. The van der Waals surface area contributed by atoms with Crippen LogP contribution in [0.15, 0.2) is 0 Å². The van der Waals surface area contributed by atoms with Crippen molar-refractivity contribution in [2.45, 2.75) is 123 Å². The Morgan fingerprint density at radius 3 is 1.32 bits per heavy atom. The minimum atomic E-state index is -1.24. The van der Waals surface area contributed by atoms with E-state index in [9.17, 15) is 35.4 Å². The molecule has 2 saturated heterocycles. The van der Waals surface area contributed by atoms with E-state index in [2.05, 4.69) is 0 Å². The van der Waals surface area contributed by atoms with Gasteiger partial charge in [0.15, 0.2) is 0 Å². The first-order valence-corrected chi connectivity index (χ1v) is 10.2. The molecule has 34 heavy (non-hydrogen) atoms. The van der Waals surface area contributed by atoms with E-state index in [-0.39, 0.29) is 81.2 Å². The molecule has 0 aromatic rings. The number of rotatable bonds is 1. The number of ether oxygens (including phenoxy) is 2. The van der Waals surface area contributed by atoms with Gasteiger partial charge < -0.3 is 65.0 Å². The van der Waals surface area contributed by atoms with Gasteiger partial charge >= 0.3 is 51.4 Å². The van der Waals surface area contributed by atoms with Crippen molar-refractivity contribution in [3.63, 3.8) is 0 Å². The molecule has 0 radical (unpaired) electrons. The third-order valence-electron chi connectivity index (χ3n) is 4.22. The summed E-state index contributed by atoms with van der Waals surface area (Å²) in [5.74, 6) is 0.167. The van der Waals surface area contributed by atoms with Crippen LogP contribution in [-0.4, -0.2) is 120 Å². The fraction of sp³-hybridized carbons (Fsp3) is 0.952. The summed E-state index contributed by atoms with van der Waals surface area (Å²) in [6.07, 6.45) is -8.99. The molecule has 0 aromatic heterocycles. The summed E-state index contributed by atoms with van der Waals surface area (Å²) in [7, 11) is 1.25. The number of carbonyl (C=O) groups is 1. The van der Waals surface area contributed by atoms with E-state index in [4.69, 9.17) is 21.1 Å². The maximum absolute atomic E-state index is 9.44. The first-order valence-electron chi connectivity index (χ1n) is 11.2. The first kappa shape index (κ1) is 42.4. The molecule has 13 heteroatoms. The molecule has 206 valence electrons. The van der Waals surface area contributed by atoms with E-state index in [1.807, 2.05) is 0 Å². The maximum Gasteiger partial charge on any atom is 1.00 e. The van der Waals surface area contributed by atoms with E-state index in [0.717, 1.165) is 0 Å². The molecule has 2 aliphatic rings. The van der Waals surface area contributed by atoms with E-state index >= 15 is 0 Å². The van der Waals surface area contributed by atoms with E-state index in [0.29, 0.717) is 0 Å². The fourth-order valence-electron chi connectivity index (χ4n) is 2.54. The molecule has 2 fully saturated rings. The van der Waals surface area contributed by atoms with Crippen LogP contribution in [0.25, 0.3) is 0 Å². The van der Waals surface area contributed by atoms with Crippen molar-refractivity contribution >= 4 is 15.7 Å². The molecule has 0 amide bonds. The van der Waals surface area contributed by atoms with Gasteiger partial charge in [-0.05, 0) is 48.5 Å². The largest absolute Gasteiger partial charge is 1.00 e. The van der Waals surface area contributed by atoms with Crippen LogP contribution >= 0.6 is 9.90 Å². The minimum absolute atomic E-state index is 0. The summed E-state index contributed by atoms with van der Waals surface area (Å²) in [5.41, 5.74) is 0. The minimum Gasteiger partial charge on any atom is -0.577 e. The summed E-state index contributed by atoms with van der Waals surface area (Å²) >= 11 is 0. The quantitative estimate of drug-likeness (QED) is 0.117. The smallest absolute Gasteiger partial charge is 0.577 e. The summed E-state index contributed by atoms with van der Waals surface area (Å²) in [5, 5.41) is 72.0. The zero-order chi connectivity index (χ0) is 27.0. The number of ketones is 1. The predicted octanol–water partition coefficient (Wildman–Crippen LogP) is -4.08. The normalized spacial score (nSPS) is 36.4. The third-order valence-corrected chi connectivity index (χ3v) is 4.22. The monoisotopic (exact) mass is 551 g/mol. The van der Waals surface area contributed by atoms with Gasteiger partial charge in [-0.15, -0.1) is 0 Å². The average Bonchev–Trinajstić information content (AvgIpc) is 2.73. The molecular weight excluding hydrogens is 498 g/mol. The van der Waals surface area contributed by atoms with Crippen molar-refractivity contribution in [1.82, 2.24) is 0 Å². The molecule has 10 atom stereocenters. The van der Waals surface area contributed by atoms with Crippen LogP contribution in [0.2, 0.25) is 0 Å². The van der Waals surface area contributed by atoms with E-state index in [1.54, 1.807) is 34.6 Å². The Balaban J connectivity index is -0.0000000868. The Morgan fingerprint density at radius 1 is 0.824 bits per heavy atom. The van der Waals surface area contributed by atoms with Gasteiger partial charge in [0.1, 0.15) is 48.5 Å². The van der Waals surface area contributed by atoms with Gasteiger partial charge in [-0.1, -0.05) is 7.40 Å². The van der Waals surface area contributed by atoms with Crippen LogP contribution in [0, 0.1) is 0 Å². The molecular formula is C21H50KO11P. The Hall–Kier alpha value is 1.34. The van der Waals surface area contributed by atoms with Crippen LogP contribution in [-0.2, 0) is 14.3 Å². The zero-order valence-electron chi connectivity index (χ0n) is 22.9. The summed E-state index contributed by atoms with van der Waals surface area (Å²) < 4.78 is 15.9. The van der Waals surface area contributed by atoms with Crippen LogP contribution in [0.5, 0.6) is 0 Å². The number of carbonyl (C=O) groups excluding carboxylic acids is 1. The number of hydrogen-bond acceptors (Lipinski definition) is 11. The summed E-state index contributed by atoms with van der Waals surface area (Å²) in [4.78, 5) is 9.44. The van der Waals surface area contributed by atoms with Gasteiger partial charge in [0, 0.05) is 8.90 Å².